The van der Waals surface area contributed by atoms with Gasteiger partial charge in [-0.05, 0) is 105 Å². The van der Waals surface area contributed by atoms with Crippen LogP contribution in [0.4, 0.5) is 0 Å². The van der Waals surface area contributed by atoms with E-state index in [0.29, 0.717) is 0 Å². The number of allylic oxidation sites excluding steroid dienone is 3. The summed E-state index contributed by atoms with van der Waals surface area (Å²) < 4.78 is 10.4. The summed E-state index contributed by atoms with van der Waals surface area (Å²) in [5.74, 6) is 2.99. The fourth-order valence-corrected chi connectivity index (χ4v) is 5.41. The molecule has 3 aromatic carbocycles. The number of likely N-dealkylation sites (tertiary alicyclic amines) is 1. The van der Waals surface area contributed by atoms with Gasteiger partial charge in [0.25, 0.3) is 0 Å². The van der Waals surface area contributed by atoms with Crippen LogP contribution in [0.2, 0.25) is 0 Å². The first-order chi connectivity index (χ1) is 25.4. The van der Waals surface area contributed by atoms with Gasteiger partial charge in [0.15, 0.2) is 0 Å². The van der Waals surface area contributed by atoms with Crippen LogP contribution in [-0.4, -0.2) is 55.9 Å². The van der Waals surface area contributed by atoms with Crippen LogP contribution < -0.4 is 4.74 Å². The third-order valence-corrected chi connectivity index (χ3v) is 8.07. The molecular weight excluding hydrogens is 643 g/mol. The molecule has 1 saturated heterocycles. The first-order valence-electron chi connectivity index (χ1n) is 19.4. The van der Waals surface area contributed by atoms with Crippen LogP contribution in [0, 0.1) is 12.3 Å². The number of methoxy groups -OCH3 is 1. The monoisotopic (exact) mass is 712 g/mol. The maximum absolute atomic E-state index is 9.59. The molecule has 1 heterocycles. The van der Waals surface area contributed by atoms with Crippen LogP contribution >= 0.6 is 0 Å². The molecule has 0 aliphatic carbocycles. The van der Waals surface area contributed by atoms with Crippen LogP contribution in [0.25, 0.3) is 5.57 Å². The average molecular weight is 712 g/mol. The van der Waals surface area contributed by atoms with E-state index in [9.17, 15) is 9.90 Å². The highest BCUT2D eigenvalue weighted by Gasteiger charge is 2.10. The molecule has 5 heteroatoms. The maximum atomic E-state index is 9.59. The second kappa shape index (κ2) is 34.0. The molecule has 1 fully saturated rings. The number of aliphatic hydroxyl groups is 1. The fourth-order valence-electron chi connectivity index (χ4n) is 5.41. The molecule has 0 aromatic heterocycles. The molecule has 0 radical (unpaired) electrons. The molecule has 0 unspecified atom stereocenters. The van der Waals surface area contributed by atoms with Crippen molar-refractivity contribution in [1.82, 2.24) is 4.90 Å². The Morgan fingerprint density at radius 3 is 1.98 bits per heavy atom. The first-order valence-corrected chi connectivity index (χ1v) is 19.4. The summed E-state index contributed by atoms with van der Waals surface area (Å²) in [5, 5.41) is 9.23. The van der Waals surface area contributed by atoms with Crippen molar-refractivity contribution >= 4 is 11.5 Å². The molecule has 0 saturated carbocycles. The van der Waals surface area contributed by atoms with E-state index < -0.39 is 0 Å². The van der Waals surface area contributed by atoms with Crippen LogP contribution in [-0.2, 0) is 22.4 Å². The predicted molar refractivity (Wildman–Crippen MR) is 224 cm³/mol. The number of aryl methyl sites for hydroxylation is 1. The molecule has 286 valence electrons. The lowest BCUT2D eigenvalue weighted by atomic mass is 9.97. The van der Waals surface area contributed by atoms with E-state index >= 15 is 0 Å². The molecule has 5 nitrogen and oxygen atoms in total. The topological polar surface area (TPSA) is 59.0 Å². The number of carbonyl (C=O) groups is 1. The second-order valence-corrected chi connectivity index (χ2v) is 12.1. The van der Waals surface area contributed by atoms with Crippen molar-refractivity contribution in [2.45, 2.75) is 106 Å². The Hall–Kier alpha value is -4.11. The average Bonchev–Trinajstić information content (AvgIpc) is 3.19. The minimum absolute atomic E-state index is 0.0527. The van der Waals surface area contributed by atoms with Gasteiger partial charge in [0.2, 0.25) is 0 Å². The SMILES string of the molecule is C#CC.CC.CC/C=C(\C=C/CO)c1ccc(OCCCCCCN2CCCCC2)c(Cc2ccccc2)c1.CCc1ccccc1.COC(C)=O. The Morgan fingerprint density at radius 2 is 1.46 bits per heavy atom. The van der Waals surface area contributed by atoms with E-state index in [1.165, 1.54) is 94.4 Å². The van der Waals surface area contributed by atoms with Gasteiger partial charge < -0.3 is 19.5 Å². The molecule has 4 rings (SSSR count). The molecule has 52 heavy (non-hydrogen) atoms. The van der Waals surface area contributed by atoms with Gasteiger partial charge >= 0.3 is 5.97 Å². The van der Waals surface area contributed by atoms with Crippen LogP contribution in [0.1, 0.15) is 115 Å². The van der Waals surface area contributed by atoms with Crippen molar-refractivity contribution in [3.63, 3.8) is 0 Å². The minimum Gasteiger partial charge on any atom is -0.493 e. The number of piperidine rings is 1. The number of hydrogen-bond donors (Lipinski definition) is 1. The molecule has 1 aliphatic heterocycles. The van der Waals surface area contributed by atoms with Crippen LogP contribution in [0.3, 0.4) is 0 Å². The quantitative estimate of drug-likeness (QED) is 0.0736. The van der Waals surface area contributed by atoms with Crippen LogP contribution in [0.15, 0.2) is 97.1 Å². The van der Waals surface area contributed by atoms with Gasteiger partial charge in [0, 0.05) is 13.3 Å². The number of aliphatic hydroxyl groups excluding tert-OH is 1. The van der Waals surface area contributed by atoms with E-state index in [-0.39, 0.29) is 12.6 Å². The summed E-state index contributed by atoms with van der Waals surface area (Å²) >= 11 is 0. The number of ether oxygens (including phenoxy) is 2. The van der Waals surface area contributed by atoms with Crippen molar-refractivity contribution in [2.24, 2.45) is 0 Å². The normalized spacial score (nSPS) is 12.2. The summed E-state index contributed by atoms with van der Waals surface area (Å²) in [6, 6.07) is 27.6. The van der Waals surface area contributed by atoms with Crippen molar-refractivity contribution in [3.05, 3.63) is 119 Å². The van der Waals surface area contributed by atoms with Gasteiger partial charge in [-0.25, -0.2) is 0 Å². The Labute approximate surface area is 318 Å². The molecule has 0 atom stereocenters. The largest absolute Gasteiger partial charge is 0.493 e. The third-order valence-electron chi connectivity index (χ3n) is 8.07. The molecule has 0 bridgehead atoms. The summed E-state index contributed by atoms with van der Waals surface area (Å²) in [6.07, 6.45) is 22.7. The smallest absolute Gasteiger partial charge is 0.302 e. The standard InChI is InChI=1S/C31H43NO2.C8H10.C3H6O2.C3H4.C2H6/c1-2-14-28(17-13-23-33)29-18-19-31(30(26-29)25-27-15-7-5-8-16-27)34-24-12-4-3-9-20-32-21-10-6-11-22-32;1-2-8-6-4-3-5-7-8;1-3(4)5-2;1-3-2;1-2/h5,7-8,13-19,26,33H,2-4,6,9-12,20-25H2,1H3;3-7H,2H2,1H3;1-2H3;1H,2H3;1-2H3/b17-13-,28-14+;;;;. The van der Waals surface area contributed by atoms with Gasteiger partial charge in [-0.2, -0.15) is 0 Å². The lowest BCUT2D eigenvalue weighted by Gasteiger charge is -2.26. The van der Waals surface area contributed by atoms with Crippen molar-refractivity contribution in [1.29, 1.82) is 0 Å². The summed E-state index contributed by atoms with van der Waals surface area (Å²) in [5.41, 5.74) is 6.23. The Kier molecular flexibility index (Phi) is 31.3. The first kappa shape index (κ1) is 47.9. The Morgan fingerprint density at radius 1 is 0.885 bits per heavy atom. The summed E-state index contributed by atoms with van der Waals surface area (Å²) in [7, 11) is 1.35. The lowest BCUT2D eigenvalue weighted by Crippen LogP contribution is -2.30. The van der Waals surface area contributed by atoms with E-state index in [1.54, 1.807) is 13.0 Å². The zero-order valence-corrected chi connectivity index (χ0v) is 33.5. The van der Waals surface area contributed by atoms with Crippen molar-refractivity contribution in [3.8, 4) is 18.1 Å². The molecule has 1 aliphatic rings. The number of esters is 1. The van der Waals surface area contributed by atoms with E-state index in [2.05, 4.69) is 115 Å². The van der Waals surface area contributed by atoms with Gasteiger partial charge in [0.1, 0.15) is 5.75 Å². The van der Waals surface area contributed by atoms with E-state index in [1.807, 2.05) is 26.0 Å². The van der Waals surface area contributed by atoms with E-state index in [0.717, 1.165) is 43.6 Å². The third kappa shape index (κ3) is 24.1. The second-order valence-electron chi connectivity index (χ2n) is 12.1. The predicted octanol–water partition coefficient (Wildman–Crippen LogP) is 11.1. The minimum atomic E-state index is -0.245. The maximum Gasteiger partial charge on any atom is 0.302 e. The fraction of sp³-hybridized carbons (Fsp3) is 0.468. The molecule has 3 aromatic rings. The van der Waals surface area contributed by atoms with E-state index in [4.69, 9.17) is 4.74 Å². The summed E-state index contributed by atoms with van der Waals surface area (Å²) in [4.78, 5) is 12.2. The number of terminal acetylenes is 1. The van der Waals surface area contributed by atoms with Gasteiger partial charge in [-0.15, -0.1) is 12.3 Å². The summed E-state index contributed by atoms with van der Waals surface area (Å²) in [6.45, 7) is 16.0. The Balaban J connectivity index is 0.00000119. The number of nitrogens with zero attached hydrogens (tertiary/aromatic N) is 1. The number of unbranched alkanes of at least 4 members (excludes halogenated alkanes) is 3. The number of carbonyl (C=O) groups excluding carboxylic acids is 1. The highest BCUT2D eigenvalue weighted by molar-refractivity contribution is 5.75. The zero-order chi connectivity index (χ0) is 38.7. The molecular formula is C47H69NO4. The number of benzene rings is 3. The van der Waals surface area contributed by atoms with Crippen LogP contribution in [0.5, 0.6) is 5.75 Å². The van der Waals surface area contributed by atoms with Gasteiger partial charge in [-0.3, -0.25) is 4.79 Å². The molecule has 0 spiro atoms. The zero-order valence-electron chi connectivity index (χ0n) is 33.5. The van der Waals surface area contributed by atoms with Gasteiger partial charge in [0.05, 0.1) is 20.3 Å². The molecule has 1 N–H and O–H groups in total. The van der Waals surface area contributed by atoms with Gasteiger partial charge in [-0.1, -0.05) is 132 Å². The van der Waals surface area contributed by atoms with Crippen molar-refractivity contribution < 1.29 is 19.4 Å². The highest BCUT2D eigenvalue weighted by atomic mass is 16.5. The number of rotatable bonds is 15. The molecule has 0 amide bonds. The highest BCUT2D eigenvalue weighted by Crippen LogP contribution is 2.28. The van der Waals surface area contributed by atoms with Crippen molar-refractivity contribution in [2.75, 3.05) is 40.0 Å². The Bertz CT molecular complexity index is 1370. The number of hydrogen-bond acceptors (Lipinski definition) is 5. The lowest BCUT2D eigenvalue weighted by molar-refractivity contribution is -0.137.